The molecule has 5 rings (SSSR count). The monoisotopic (exact) mass is 461 g/mol. The molecule has 9 heteroatoms. The van der Waals surface area contributed by atoms with Gasteiger partial charge >= 0.3 is 0 Å². The van der Waals surface area contributed by atoms with Crippen LogP contribution in [-0.2, 0) is 0 Å². The third-order valence-electron chi connectivity index (χ3n) is 4.83. The highest BCUT2D eigenvalue weighted by atomic mass is 35.5. The molecule has 0 unspecified atom stereocenters. The van der Waals surface area contributed by atoms with Crippen LogP contribution in [0.25, 0.3) is 27.3 Å². The predicted molar refractivity (Wildman–Crippen MR) is 126 cm³/mol. The summed E-state index contributed by atoms with van der Waals surface area (Å²) in [4.78, 5) is 27.0. The van der Waals surface area contributed by atoms with Gasteiger partial charge in [0.25, 0.3) is 5.91 Å². The highest BCUT2D eigenvalue weighted by molar-refractivity contribution is 7.22. The van der Waals surface area contributed by atoms with E-state index >= 15 is 0 Å². The number of benzene rings is 2. The molecule has 0 aliphatic heterocycles. The van der Waals surface area contributed by atoms with Gasteiger partial charge in [0, 0.05) is 10.6 Å². The highest BCUT2D eigenvalue weighted by Crippen LogP contribution is 2.29. The molecule has 7 nitrogen and oxygen atoms in total. The Morgan fingerprint density at radius 3 is 2.69 bits per heavy atom. The molecule has 2 aromatic carbocycles. The molecular formula is C23H16ClN5O2S. The molecule has 0 atom stereocenters. The van der Waals surface area contributed by atoms with Crippen molar-refractivity contribution >= 4 is 44.3 Å². The lowest BCUT2D eigenvalue weighted by atomic mass is 10.1. The maximum Gasteiger partial charge on any atom is 0.276 e. The molecule has 1 amide bonds. The number of anilines is 1. The van der Waals surface area contributed by atoms with E-state index in [2.05, 4.69) is 20.3 Å². The second-order valence-electron chi connectivity index (χ2n) is 6.82. The number of fused-ring (bicyclic) bond motifs is 1. The van der Waals surface area contributed by atoms with Crippen LogP contribution in [0.3, 0.4) is 0 Å². The Morgan fingerprint density at radius 2 is 1.88 bits per heavy atom. The predicted octanol–water partition coefficient (Wildman–Crippen LogP) is 5.46. The molecule has 0 fully saturated rings. The minimum absolute atomic E-state index is 0.328. The standard InChI is InChI=1S/C23H16ClN5O2S/c1-31-20-5-3-2-4-18(20)29-13-25-12-19(29)21(30)28-23-27-17-11-10-16(26-22(17)32-23)14-6-8-15(24)9-7-14/h2-13H,1H3,(H,27,28,30). The zero-order valence-electron chi connectivity index (χ0n) is 16.8. The van der Waals surface area contributed by atoms with Gasteiger partial charge in [-0.15, -0.1) is 0 Å². The molecule has 0 aliphatic carbocycles. The number of hydrogen-bond donors (Lipinski definition) is 1. The fraction of sp³-hybridized carbons (Fsp3) is 0.0435. The van der Waals surface area contributed by atoms with Gasteiger partial charge in [0.1, 0.15) is 21.8 Å². The van der Waals surface area contributed by atoms with Crippen LogP contribution in [0.4, 0.5) is 5.13 Å². The number of pyridine rings is 1. The van der Waals surface area contributed by atoms with Crippen LogP contribution in [0.2, 0.25) is 5.02 Å². The number of thiazole rings is 1. The van der Waals surface area contributed by atoms with Crippen LogP contribution in [0.5, 0.6) is 5.75 Å². The van der Waals surface area contributed by atoms with Crippen molar-refractivity contribution in [2.45, 2.75) is 0 Å². The van der Waals surface area contributed by atoms with Crippen molar-refractivity contribution in [3.63, 3.8) is 0 Å². The number of nitrogens with zero attached hydrogens (tertiary/aromatic N) is 4. The molecule has 0 saturated heterocycles. The van der Waals surface area contributed by atoms with Gasteiger partial charge in [0.2, 0.25) is 0 Å². The number of carbonyl (C=O) groups excluding carboxylic acids is 1. The summed E-state index contributed by atoms with van der Waals surface area (Å²) in [7, 11) is 1.59. The molecule has 0 saturated carbocycles. The Labute approximate surface area is 192 Å². The number of carbonyl (C=O) groups is 1. The highest BCUT2D eigenvalue weighted by Gasteiger charge is 2.17. The quantitative estimate of drug-likeness (QED) is 0.376. The number of nitrogens with one attached hydrogen (secondary N) is 1. The van der Waals surface area contributed by atoms with E-state index in [0.717, 1.165) is 21.8 Å². The summed E-state index contributed by atoms with van der Waals surface area (Å²) < 4.78 is 7.09. The summed E-state index contributed by atoms with van der Waals surface area (Å²) in [5.74, 6) is 0.309. The van der Waals surface area contributed by atoms with Crippen molar-refractivity contribution in [2.24, 2.45) is 0 Å². The first kappa shape index (κ1) is 20.2. The number of hydrogen-bond acceptors (Lipinski definition) is 6. The van der Waals surface area contributed by atoms with E-state index in [9.17, 15) is 4.79 Å². The number of halogens is 1. The lowest BCUT2D eigenvalue weighted by Crippen LogP contribution is -2.16. The third kappa shape index (κ3) is 3.81. The van der Waals surface area contributed by atoms with E-state index < -0.39 is 0 Å². The van der Waals surface area contributed by atoms with E-state index in [0.29, 0.717) is 27.1 Å². The first-order valence-electron chi connectivity index (χ1n) is 9.63. The van der Waals surface area contributed by atoms with Gasteiger partial charge in [-0.25, -0.2) is 15.0 Å². The van der Waals surface area contributed by atoms with E-state index in [4.69, 9.17) is 16.3 Å². The van der Waals surface area contributed by atoms with E-state index in [1.165, 1.54) is 17.5 Å². The largest absolute Gasteiger partial charge is 0.495 e. The van der Waals surface area contributed by atoms with Gasteiger partial charge < -0.3 is 4.74 Å². The minimum atomic E-state index is -0.328. The average Bonchev–Trinajstić information content (AvgIpc) is 3.45. The Morgan fingerprint density at radius 1 is 1.06 bits per heavy atom. The maximum atomic E-state index is 13.0. The van der Waals surface area contributed by atoms with Crippen molar-refractivity contribution in [1.82, 2.24) is 19.5 Å². The molecular weight excluding hydrogens is 446 g/mol. The van der Waals surface area contributed by atoms with Gasteiger partial charge in [0.15, 0.2) is 5.13 Å². The van der Waals surface area contributed by atoms with Crippen molar-refractivity contribution in [2.75, 3.05) is 12.4 Å². The van der Waals surface area contributed by atoms with Crippen molar-refractivity contribution in [3.05, 3.63) is 83.9 Å². The van der Waals surface area contributed by atoms with Crippen LogP contribution >= 0.6 is 22.9 Å². The summed E-state index contributed by atoms with van der Waals surface area (Å²) in [6, 6.07) is 18.7. The van der Waals surface area contributed by atoms with Gasteiger partial charge in [-0.05, 0) is 36.4 Å². The Hall–Kier alpha value is -3.75. The number of imidazole rings is 1. The molecule has 3 heterocycles. The minimum Gasteiger partial charge on any atom is -0.495 e. The Kier molecular flexibility index (Phi) is 5.30. The smallest absolute Gasteiger partial charge is 0.276 e. The summed E-state index contributed by atoms with van der Waals surface area (Å²) in [5.41, 5.74) is 3.56. The second-order valence-corrected chi connectivity index (χ2v) is 8.24. The first-order chi connectivity index (χ1) is 15.6. The number of rotatable bonds is 5. The van der Waals surface area contributed by atoms with E-state index in [1.807, 2.05) is 60.7 Å². The van der Waals surface area contributed by atoms with Crippen LogP contribution in [0.1, 0.15) is 10.5 Å². The number of amides is 1. The number of methoxy groups -OCH3 is 1. The molecule has 0 aliphatic rings. The Bertz CT molecular complexity index is 1430. The van der Waals surface area contributed by atoms with Crippen LogP contribution in [-0.4, -0.2) is 32.5 Å². The molecule has 0 spiro atoms. The molecule has 0 radical (unpaired) electrons. The summed E-state index contributed by atoms with van der Waals surface area (Å²) in [6.07, 6.45) is 3.08. The van der Waals surface area contributed by atoms with Gasteiger partial charge in [-0.3, -0.25) is 14.7 Å². The van der Waals surface area contributed by atoms with Crippen LogP contribution < -0.4 is 10.1 Å². The van der Waals surface area contributed by atoms with Gasteiger partial charge in [0.05, 0.1) is 31.0 Å². The summed E-state index contributed by atoms with van der Waals surface area (Å²) in [5, 5.41) is 3.99. The van der Waals surface area contributed by atoms with Crippen molar-refractivity contribution in [1.29, 1.82) is 0 Å². The zero-order valence-corrected chi connectivity index (χ0v) is 18.4. The number of aromatic nitrogens is 4. The topological polar surface area (TPSA) is 81.9 Å². The normalized spacial score (nSPS) is 10.9. The molecule has 1 N–H and O–H groups in total. The maximum absolute atomic E-state index is 13.0. The zero-order chi connectivity index (χ0) is 22.1. The molecule has 0 bridgehead atoms. The average molecular weight is 462 g/mol. The molecule has 3 aromatic heterocycles. The van der Waals surface area contributed by atoms with Crippen molar-refractivity contribution < 1.29 is 9.53 Å². The molecule has 32 heavy (non-hydrogen) atoms. The molecule has 158 valence electrons. The third-order valence-corrected chi connectivity index (χ3v) is 5.96. The lowest BCUT2D eigenvalue weighted by molar-refractivity contribution is 0.102. The lowest BCUT2D eigenvalue weighted by Gasteiger charge is -2.11. The van der Waals surface area contributed by atoms with Crippen molar-refractivity contribution in [3.8, 4) is 22.7 Å². The van der Waals surface area contributed by atoms with Gasteiger partial charge in [-0.2, -0.15) is 0 Å². The molecule has 5 aromatic rings. The van der Waals surface area contributed by atoms with Crippen LogP contribution in [0, 0.1) is 0 Å². The Balaban J connectivity index is 1.42. The van der Waals surface area contributed by atoms with E-state index in [1.54, 1.807) is 18.0 Å². The van der Waals surface area contributed by atoms with Crippen LogP contribution in [0.15, 0.2) is 73.2 Å². The summed E-state index contributed by atoms with van der Waals surface area (Å²) >= 11 is 7.28. The second kappa shape index (κ2) is 8.41. The fourth-order valence-corrected chi connectivity index (χ4v) is 4.26. The van der Waals surface area contributed by atoms with Gasteiger partial charge in [-0.1, -0.05) is 47.2 Å². The number of para-hydroxylation sites is 2. The number of ether oxygens (including phenoxy) is 1. The van der Waals surface area contributed by atoms with E-state index in [-0.39, 0.29) is 5.91 Å². The first-order valence-corrected chi connectivity index (χ1v) is 10.8. The summed E-state index contributed by atoms with van der Waals surface area (Å²) in [6.45, 7) is 0. The fourth-order valence-electron chi connectivity index (χ4n) is 3.30. The SMILES string of the molecule is COc1ccccc1-n1cncc1C(=O)Nc1nc2ccc(-c3ccc(Cl)cc3)nc2s1.